The predicted octanol–water partition coefficient (Wildman–Crippen LogP) is 2.84. The molecule has 0 aliphatic rings. The zero-order valence-corrected chi connectivity index (χ0v) is 5.43. The van der Waals surface area contributed by atoms with Crippen molar-refractivity contribution in [3.05, 3.63) is 11.4 Å². The molecule has 0 bridgehead atoms. The van der Waals surface area contributed by atoms with Crippen LogP contribution in [0.25, 0.3) is 0 Å². The molecule has 0 amide bonds. The third-order valence-corrected chi connectivity index (χ3v) is 0.938. The summed E-state index contributed by atoms with van der Waals surface area (Å²) in [6.07, 6.45) is 0. The number of hydrogen-bond acceptors (Lipinski definition) is 0. The Kier molecular flexibility index (Phi) is 3.80. The maximum atomic E-state index is 11.7. The Morgan fingerprint density at radius 1 is 1.57 bits per heavy atom. The molecule has 0 radical (unpaired) electrons. The van der Waals surface area contributed by atoms with Crippen LogP contribution in [-0.4, -0.2) is 4.84 Å². The second kappa shape index (κ2) is 3.53. The largest absolute Gasteiger partial charge is 0.208 e. The van der Waals surface area contributed by atoms with Gasteiger partial charge in [-0.05, 0) is 0 Å². The van der Waals surface area contributed by atoms with E-state index in [-0.39, 0.29) is 0 Å². The average molecular weight is 163 g/mol. The van der Waals surface area contributed by atoms with Crippen molar-refractivity contribution in [2.75, 3.05) is 0 Å². The maximum absolute atomic E-state index is 11.7. The lowest BCUT2D eigenvalue weighted by atomic mass is 10.7. The average Bonchev–Trinajstić information content (AvgIpc) is 1.65. The summed E-state index contributed by atoms with van der Waals surface area (Å²) in [7, 11) is 0. The summed E-state index contributed by atoms with van der Waals surface area (Å²) < 4.78 is 11.7. The molecule has 0 spiro atoms. The quantitative estimate of drug-likeness (QED) is 0.522. The molecule has 0 aromatic heterocycles. The molecule has 42 valence electrons. The van der Waals surface area contributed by atoms with E-state index < -0.39 is 10.7 Å². The van der Waals surface area contributed by atoms with Crippen LogP contribution in [0.4, 0.5) is 4.39 Å². The van der Waals surface area contributed by atoms with Gasteiger partial charge in [-0.25, -0.2) is 4.39 Å². The monoisotopic (exact) mass is 162 g/mol. The lowest BCUT2D eigenvalue weighted by Gasteiger charge is -1.89. The molecule has 0 saturated carbocycles. The van der Waals surface area contributed by atoms with Crippen molar-refractivity contribution in [3.8, 4) is 0 Å². The van der Waals surface area contributed by atoms with Crippen LogP contribution in [-0.2, 0) is 0 Å². The van der Waals surface area contributed by atoms with Crippen LogP contribution < -0.4 is 0 Å². The highest BCUT2D eigenvalue weighted by Gasteiger charge is 2.02. The van der Waals surface area contributed by atoms with Crippen LogP contribution in [0.3, 0.4) is 0 Å². The van der Waals surface area contributed by atoms with Crippen molar-refractivity contribution in [1.82, 2.24) is 0 Å². The lowest BCUT2D eigenvalue weighted by molar-refractivity contribution is 0.634. The molecule has 0 N–H and O–H groups in total. The zero-order chi connectivity index (χ0) is 5.86. The summed E-state index contributed by atoms with van der Waals surface area (Å²) in [5.74, 6) is -0.731. The van der Waals surface area contributed by atoms with Gasteiger partial charge in [0.2, 0.25) is 0 Å². The highest BCUT2D eigenvalue weighted by atomic mass is 35.5. The highest BCUT2D eigenvalue weighted by molar-refractivity contribution is 6.46. The smallest absolute Gasteiger partial charge is 0.159 e. The van der Waals surface area contributed by atoms with E-state index >= 15 is 0 Å². The van der Waals surface area contributed by atoms with Crippen molar-refractivity contribution in [2.45, 2.75) is 4.84 Å². The van der Waals surface area contributed by atoms with Crippen LogP contribution in [0.1, 0.15) is 0 Å². The van der Waals surface area contributed by atoms with Crippen LogP contribution in [0.15, 0.2) is 11.4 Å². The normalized spacial score (nSPS) is 13.0. The van der Waals surface area contributed by atoms with Crippen molar-refractivity contribution in [1.29, 1.82) is 0 Å². The molecule has 0 unspecified atom stereocenters. The van der Waals surface area contributed by atoms with Gasteiger partial charge < -0.3 is 0 Å². The van der Waals surface area contributed by atoms with Crippen LogP contribution >= 0.6 is 34.8 Å². The van der Waals surface area contributed by atoms with Gasteiger partial charge in [0.25, 0.3) is 0 Å². The van der Waals surface area contributed by atoms with Crippen LogP contribution in [0, 0.1) is 0 Å². The number of halogens is 4. The first-order valence-electron chi connectivity index (χ1n) is 1.42. The molecule has 0 aromatic rings. The summed E-state index contributed by atoms with van der Waals surface area (Å²) >= 11 is 14.8. The Labute approximate surface area is 55.9 Å². The number of hydrogen-bond donors (Lipinski definition) is 0. The topological polar surface area (TPSA) is 0 Å². The predicted molar refractivity (Wildman–Crippen MR) is 30.5 cm³/mol. The summed E-state index contributed by atoms with van der Waals surface area (Å²) in [6.45, 7) is 0. The Hall–Kier alpha value is 0.540. The summed E-state index contributed by atoms with van der Waals surface area (Å²) in [5, 5.41) is 0. The minimum absolute atomic E-state index is 0.699. The summed E-state index contributed by atoms with van der Waals surface area (Å²) in [5.41, 5.74) is 0.699. The Balaban J connectivity index is 3.56. The van der Waals surface area contributed by atoms with Gasteiger partial charge in [0.15, 0.2) is 4.84 Å². The third kappa shape index (κ3) is 3.15. The van der Waals surface area contributed by atoms with E-state index in [1.807, 2.05) is 0 Å². The lowest BCUT2D eigenvalue weighted by Crippen LogP contribution is -1.82. The molecule has 7 heavy (non-hydrogen) atoms. The van der Waals surface area contributed by atoms with Crippen molar-refractivity contribution >= 4 is 34.8 Å². The van der Waals surface area contributed by atoms with E-state index in [2.05, 4.69) is 0 Å². The second-order valence-electron chi connectivity index (χ2n) is 0.795. The Morgan fingerprint density at radius 3 is 2.00 bits per heavy atom. The van der Waals surface area contributed by atoms with Gasteiger partial charge in [0.05, 0.1) is 0 Å². The number of rotatable bonds is 1. The van der Waals surface area contributed by atoms with E-state index in [9.17, 15) is 4.39 Å². The highest BCUT2D eigenvalue weighted by Crippen LogP contribution is 2.15. The third-order valence-electron chi connectivity index (χ3n) is 0.313. The SMILES string of the molecule is FC(=CCl)C(Cl)Cl. The summed E-state index contributed by atoms with van der Waals surface area (Å²) in [6, 6.07) is 0. The molecule has 0 fully saturated rings. The molecule has 0 saturated heterocycles. The number of alkyl halides is 2. The molecule has 0 atom stereocenters. The van der Waals surface area contributed by atoms with Crippen molar-refractivity contribution < 1.29 is 4.39 Å². The molecule has 0 heterocycles. The first-order chi connectivity index (χ1) is 3.18. The van der Waals surface area contributed by atoms with Crippen molar-refractivity contribution in [3.63, 3.8) is 0 Å². The van der Waals surface area contributed by atoms with E-state index in [4.69, 9.17) is 34.8 Å². The Morgan fingerprint density at radius 2 is 2.00 bits per heavy atom. The fourth-order valence-electron chi connectivity index (χ4n) is 0.0476. The van der Waals surface area contributed by atoms with Gasteiger partial charge in [0.1, 0.15) is 5.83 Å². The van der Waals surface area contributed by atoms with Gasteiger partial charge in [-0.15, -0.1) is 0 Å². The molecule has 4 heteroatoms. The van der Waals surface area contributed by atoms with Gasteiger partial charge in [-0.2, -0.15) is 0 Å². The van der Waals surface area contributed by atoms with Gasteiger partial charge >= 0.3 is 0 Å². The molecule has 0 nitrogen and oxygen atoms in total. The fourth-order valence-corrected chi connectivity index (χ4v) is 0.429. The van der Waals surface area contributed by atoms with Crippen molar-refractivity contribution in [2.24, 2.45) is 0 Å². The fraction of sp³-hybridized carbons (Fsp3) is 0.333. The molecule has 0 rings (SSSR count). The molecular weight excluding hydrogens is 161 g/mol. The zero-order valence-electron chi connectivity index (χ0n) is 3.17. The molecule has 0 aromatic carbocycles. The standard InChI is InChI=1S/C3H2Cl3F/c4-1-2(7)3(5)6/h1,3H. The van der Waals surface area contributed by atoms with E-state index in [0.29, 0.717) is 5.54 Å². The first kappa shape index (κ1) is 7.54. The molecular formula is C3H2Cl3F. The molecule has 0 aliphatic carbocycles. The van der Waals surface area contributed by atoms with Gasteiger partial charge in [-0.1, -0.05) is 34.8 Å². The summed E-state index contributed by atoms with van der Waals surface area (Å²) in [4.78, 5) is -1.13. The minimum atomic E-state index is -1.13. The molecule has 0 aliphatic heterocycles. The second-order valence-corrected chi connectivity index (χ2v) is 2.11. The van der Waals surface area contributed by atoms with Crippen LogP contribution in [0.5, 0.6) is 0 Å². The van der Waals surface area contributed by atoms with E-state index in [1.165, 1.54) is 0 Å². The maximum Gasteiger partial charge on any atom is 0.159 e. The van der Waals surface area contributed by atoms with E-state index in [1.54, 1.807) is 0 Å². The van der Waals surface area contributed by atoms with E-state index in [0.717, 1.165) is 0 Å². The number of allylic oxidation sites excluding steroid dienone is 1. The van der Waals surface area contributed by atoms with Gasteiger partial charge in [0, 0.05) is 5.54 Å². The van der Waals surface area contributed by atoms with Gasteiger partial charge in [-0.3, -0.25) is 0 Å². The first-order valence-corrected chi connectivity index (χ1v) is 2.73. The Bertz CT molecular complexity index is 78.2. The minimum Gasteiger partial charge on any atom is -0.208 e. The van der Waals surface area contributed by atoms with Crippen LogP contribution in [0.2, 0.25) is 0 Å².